The van der Waals surface area contributed by atoms with Crippen LogP contribution in [0.4, 0.5) is 5.69 Å². The van der Waals surface area contributed by atoms with Crippen LogP contribution in [0.5, 0.6) is 11.5 Å². The van der Waals surface area contributed by atoms with Crippen molar-refractivity contribution in [1.29, 1.82) is 0 Å². The fourth-order valence-electron chi connectivity index (χ4n) is 2.90. The fraction of sp³-hybridized carbons (Fsp3) is 0.263. The Morgan fingerprint density at radius 3 is 2.05 bits per heavy atom. The monoisotopic (exact) mass is 295 g/mol. The topological polar surface area (TPSA) is 52.5 Å². The Bertz CT molecular complexity index is 635. The van der Waals surface area contributed by atoms with E-state index in [-0.39, 0.29) is 11.5 Å². The molecule has 0 saturated heterocycles. The van der Waals surface area contributed by atoms with Crippen LogP contribution in [0.1, 0.15) is 36.8 Å². The van der Waals surface area contributed by atoms with E-state index in [1.807, 2.05) is 12.2 Å². The van der Waals surface area contributed by atoms with Crippen LogP contribution in [0.2, 0.25) is 0 Å². The molecule has 0 radical (unpaired) electrons. The zero-order chi connectivity index (χ0) is 15.4. The minimum absolute atomic E-state index is 0.0655. The predicted molar refractivity (Wildman–Crippen MR) is 91.0 cm³/mol. The first-order valence-corrected chi connectivity index (χ1v) is 7.77. The molecule has 22 heavy (non-hydrogen) atoms. The highest BCUT2D eigenvalue weighted by Gasteiger charge is 2.13. The van der Waals surface area contributed by atoms with Gasteiger partial charge < -0.3 is 15.5 Å². The third-order valence-corrected chi connectivity index (χ3v) is 4.03. The molecular weight excluding hydrogens is 274 g/mol. The van der Waals surface area contributed by atoms with Gasteiger partial charge in [-0.2, -0.15) is 0 Å². The highest BCUT2D eigenvalue weighted by Crippen LogP contribution is 2.24. The Morgan fingerprint density at radius 2 is 1.41 bits per heavy atom. The summed E-state index contributed by atoms with van der Waals surface area (Å²) in [6.07, 6.45) is 9.03. The Morgan fingerprint density at radius 1 is 0.818 bits per heavy atom. The lowest BCUT2D eigenvalue weighted by Crippen LogP contribution is -2.14. The summed E-state index contributed by atoms with van der Waals surface area (Å²) in [5, 5.41) is 22.5. The van der Waals surface area contributed by atoms with E-state index in [0.29, 0.717) is 6.04 Å². The summed E-state index contributed by atoms with van der Waals surface area (Å²) in [7, 11) is 0. The maximum absolute atomic E-state index is 9.46. The van der Waals surface area contributed by atoms with Crippen molar-refractivity contribution < 1.29 is 10.2 Å². The zero-order valence-corrected chi connectivity index (χ0v) is 12.5. The molecule has 1 aliphatic carbocycles. The van der Waals surface area contributed by atoms with Gasteiger partial charge in [0.25, 0.3) is 0 Å². The minimum atomic E-state index is 0.0655. The van der Waals surface area contributed by atoms with Gasteiger partial charge in [-0.3, -0.25) is 0 Å². The van der Waals surface area contributed by atoms with Gasteiger partial charge >= 0.3 is 0 Å². The number of hydrogen-bond donors (Lipinski definition) is 3. The molecule has 1 fully saturated rings. The molecule has 3 rings (SSSR count). The molecule has 114 valence electrons. The van der Waals surface area contributed by atoms with Crippen molar-refractivity contribution in [2.45, 2.75) is 31.7 Å². The zero-order valence-electron chi connectivity index (χ0n) is 12.5. The van der Waals surface area contributed by atoms with Crippen LogP contribution in [0.25, 0.3) is 12.2 Å². The summed E-state index contributed by atoms with van der Waals surface area (Å²) in [6.45, 7) is 0. The largest absolute Gasteiger partial charge is 0.508 e. The van der Waals surface area contributed by atoms with E-state index in [1.54, 1.807) is 12.1 Å². The highest BCUT2D eigenvalue weighted by atomic mass is 16.3. The first kappa shape index (κ1) is 14.5. The standard InChI is InChI=1S/C19H21NO2/c21-18-11-15(12-19(22)13-18)6-5-14-7-9-17(10-8-14)20-16-3-1-2-4-16/h5-13,16,20-22H,1-4H2/b6-5+. The molecule has 0 aromatic heterocycles. The van der Waals surface area contributed by atoms with Crippen LogP contribution in [0, 0.1) is 0 Å². The number of rotatable bonds is 4. The summed E-state index contributed by atoms with van der Waals surface area (Å²) in [4.78, 5) is 0. The van der Waals surface area contributed by atoms with Gasteiger partial charge in [0, 0.05) is 17.8 Å². The normalized spacial score (nSPS) is 15.5. The Hall–Kier alpha value is -2.42. The number of nitrogens with one attached hydrogen (secondary N) is 1. The van der Waals surface area contributed by atoms with Gasteiger partial charge in [-0.1, -0.05) is 37.1 Å². The van der Waals surface area contributed by atoms with E-state index >= 15 is 0 Å². The van der Waals surface area contributed by atoms with Crippen LogP contribution in [-0.4, -0.2) is 16.3 Å². The van der Waals surface area contributed by atoms with Crippen molar-refractivity contribution in [1.82, 2.24) is 0 Å². The summed E-state index contributed by atoms with van der Waals surface area (Å²) < 4.78 is 0. The quantitative estimate of drug-likeness (QED) is 0.721. The molecule has 0 heterocycles. The second kappa shape index (κ2) is 6.56. The molecule has 0 atom stereocenters. The van der Waals surface area contributed by atoms with Crippen LogP contribution in [-0.2, 0) is 0 Å². The second-order valence-electron chi connectivity index (χ2n) is 5.86. The molecule has 3 N–H and O–H groups in total. The van der Waals surface area contributed by atoms with Crippen molar-refractivity contribution in [2.24, 2.45) is 0 Å². The van der Waals surface area contributed by atoms with Crippen molar-refractivity contribution >= 4 is 17.8 Å². The van der Waals surface area contributed by atoms with Gasteiger partial charge in [-0.15, -0.1) is 0 Å². The lowest BCUT2D eigenvalue weighted by Gasteiger charge is -2.13. The van der Waals surface area contributed by atoms with Gasteiger partial charge in [0.1, 0.15) is 11.5 Å². The fourth-order valence-corrected chi connectivity index (χ4v) is 2.90. The number of anilines is 1. The molecule has 1 saturated carbocycles. The average molecular weight is 295 g/mol. The Labute approximate surface area is 130 Å². The average Bonchev–Trinajstić information content (AvgIpc) is 2.98. The predicted octanol–water partition coefficient (Wildman–Crippen LogP) is 4.62. The summed E-state index contributed by atoms with van der Waals surface area (Å²) in [5.74, 6) is 0.131. The van der Waals surface area contributed by atoms with E-state index in [2.05, 4.69) is 29.6 Å². The molecule has 3 heteroatoms. The number of aromatic hydroxyl groups is 2. The molecule has 3 nitrogen and oxygen atoms in total. The SMILES string of the molecule is Oc1cc(O)cc(/C=C/c2ccc(NC3CCCC3)cc2)c1. The van der Waals surface area contributed by atoms with Crippen LogP contribution in [0.15, 0.2) is 42.5 Å². The van der Waals surface area contributed by atoms with Crippen molar-refractivity contribution in [2.75, 3.05) is 5.32 Å². The molecule has 0 amide bonds. The van der Waals surface area contributed by atoms with Gasteiger partial charge in [-0.25, -0.2) is 0 Å². The molecule has 2 aromatic rings. The first-order chi connectivity index (χ1) is 10.7. The summed E-state index contributed by atoms with van der Waals surface area (Å²) in [6, 6.07) is 13.5. The van der Waals surface area contributed by atoms with Crippen molar-refractivity contribution in [3.63, 3.8) is 0 Å². The molecule has 2 aromatic carbocycles. The van der Waals surface area contributed by atoms with E-state index in [9.17, 15) is 10.2 Å². The smallest absolute Gasteiger partial charge is 0.119 e. The second-order valence-corrected chi connectivity index (χ2v) is 5.86. The van der Waals surface area contributed by atoms with Crippen LogP contribution >= 0.6 is 0 Å². The van der Waals surface area contributed by atoms with E-state index < -0.39 is 0 Å². The van der Waals surface area contributed by atoms with Gasteiger partial charge in [-0.05, 0) is 48.2 Å². The van der Waals surface area contributed by atoms with Crippen molar-refractivity contribution in [3.8, 4) is 11.5 Å². The van der Waals surface area contributed by atoms with Gasteiger partial charge in [0.05, 0.1) is 0 Å². The number of benzene rings is 2. The Balaban J connectivity index is 1.66. The Kier molecular flexibility index (Phi) is 4.33. The van der Waals surface area contributed by atoms with Crippen LogP contribution < -0.4 is 5.32 Å². The van der Waals surface area contributed by atoms with E-state index in [0.717, 1.165) is 11.1 Å². The first-order valence-electron chi connectivity index (χ1n) is 7.77. The molecule has 1 aliphatic rings. The number of phenols is 2. The third-order valence-electron chi connectivity index (χ3n) is 4.03. The minimum Gasteiger partial charge on any atom is -0.508 e. The van der Waals surface area contributed by atoms with E-state index in [1.165, 1.54) is 37.4 Å². The summed E-state index contributed by atoms with van der Waals surface area (Å²) >= 11 is 0. The van der Waals surface area contributed by atoms with Crippen LogP contribution in [0.3, 0.4) is 0 Å². The molecule has 0 aliphatic heterocycles. The lowest BCUT2D eigenvalue weighted by molar-refractivity contribution is 0.450. The van der Waals surface area contributed by atoms with E-state index in [4.69, 9.17) is 0 Å². The maximum Gasteiger partial charge on any atom is 0.119 e. The third kappa shape index (κ3) is 3.82. The number of phenolic OH excluding ortho intramolecular Hbond substituents is 2. The lowest BCUT2D eigenvalue weighted by atomic mass is 10.1. The molecule has 0 spiro atoms. The molecule has 0 bridgehead atoms. The maximum atomic E-state index is 9.46. The van der Waals surface area contributed by atoms with Crippen molar-refractivity contribution in [3.05, 3.63) is 53.6 Å². The molecule has 0 unspecified atom stereocenters. The molecular formula is C19H21NO2. The highest BCUT2D eigenvalue weighted by molar-refractivity contribution is 5.71. The van der Waals surface area contributed by atoms with Gasteiger partial charge in [0.2, 0.25) is 0 Å². The number of hydrogen-bond acceptors (Lipinski definition) is 3. The summed E-state index contributed by atoms with van der Waals surface area (Å²) in [5.41, 5.74) is 3.02. The van der Waals surface area contributed by atoms with Gasteiger partial charge in [0.15, 0.2) is 0 Å².